The number of rotatable bonds is 52. The molecule has 3 aliphatic rings. The maximum atomic E-state index is 17.1. The molecule has 3 aliphatic heterocycles. The van der Waals surface area contributed by atoms with Gasteiger partial charge in [0.1, 0.15) is 151 Å². The Bertz CT molecular complexity index is 5300. The quantitative estimate of drug-likeness (QED) is 0.0115. The fraction of sp³-hybridized carbons (Fsp3) is 0.622. The second-order valence-electron chi connectivity index (χ2n) is 29.5. The van der Waals surface area contributed by atoms with Gasteiger partial charge in [-0.1, -0.05) is 0 Å². The molecule has 0 spiro atoms. The van der Waals surface area contributed by atoms with Crippen LogP contribution >= 0.6 is 23.5 Å². The lowest BCUT2D eigenvalue weighted by atomic mass is 9.82. The zero-order valence-electron chi connectivity index (χ0n) is 74.0. The van der Waals surface area contributed by atoms with Crippen LogP contribution in [0.2, 0.25) is 0 Å². The van der Waals surface area contributed by atoms with E-state index in [0.29, 0.717) is 0 Å². The van der Waals surface area contributed by atoms with Crippen molar-refractivity contribution in [2.45, 2.75) is 164 Å². The molecule has 0 aromatic carbocycles. The van der Waals surface area contributed by atoms with Crippen molar-refractivity contribution in [2.24, 2.45) is 21.7 Å². The fourth-order valence-electron chi connectivity index (χ4n) is 13.3. The highest BCUT2D eigenvalue weighted by Crippen LogP contribution is 2.60. The number of carbonyl (C=O) groups is 13. The molecule has 59 heteroatoms. The Hall–Kier alpha value is -11.0. The molecular formula is C74H100N15O41P3. The highest BCUT2D eigenvalue weighted by molar-refractivity contribution is 7.49. The van der Waals surface area contributed by atoms with E-state index in [1.165, 1.54) is 27.7 Å². The number of nitrogen functional groups attached to an aromatic ring is 3. The summed E-state index contributed by atoms with van der Waals surface area (Å²) in [5, 5.41) is 23.5. The van der Waals surface area contributed by atoms with E-state index >= 15 is 13.7 Å². The van der Waals surface area contributed by atoms with Crippen molar-refractivity contribution in [3.8, 4) is 0 Å². The molecule has 0 amide bonds. The predicted molar refractivity (Wildman–Crippen MR) is 435 cm³/mol. The lowest BCUT2D eigenvalue weighted by Gasteiger charge is -2.32. The Balaban J connectivity index is 1.23. The number of carbonyl (C=O) groups excluding carboxylic acids is 13. The van der Waals surface area contributed by atoms with E-state index in [-0.39, 0.29) is 50.9 Å². The first-order valence-corrected chi connectivity index (χ1v) is 44.6. The predicted octanol–water partition coefficient (Wildman–Crippen LogP) is 0.605. The molecule has 14 atom stereocenters. The lowest BCUT2D eigenvalue weighted by Crippen LogP contribution is -2.49. The van der Waals surface area contributed by atoms with Gasteiger partial charge in [0, 0.05) is 41.7 Å². The van der Waals surface area contributed by atoms with Gasteiger partial charge < -0.3 is 93.7 Å². The summed E-state index contributed by atoms with van der Waals surface area (Å²) in [6.45, 7) is -4.44. The molecule has 3 fully saturated rings. The molecule has 9 heterocycles. The molecule has 0 aliphatic carbocycles. The van der Waals surface area contributed by atoms with Gasteiger partial charge in [0.05, 0.1) is 91.7 Å². The van der Waals surface area contributed by atoms with E-state index in [0.717, 1.165) is 121 Å². The summed E-state index contributed by atoms with van der Waals surface area (Å²) in [6, 6.07) is 0. The number of nitrogens with two attached hydrogens (primary N) is 3. The highest BCUT2D eigenvalue weighted by atomic mass is 31.2. The number of fused-ring (bicyclic) bond motifs is 3. The number of hydrogen-bond acceptors (Lipinski definition) is 53. The topological polar surface area (TPSA) is 735 Å². The summed E-state index contributed by atoms with van der Waals surface area (Å²) in [6.07, 6.45) is -18.4. The van der Waals surface area contributed by atoms with Crippen LogP contribution in [-0.2, 0) is 183 Å². The Kier molecular flexibility index (Phi) is 36.1. The molecule has 3 saturated heterocycles. The van der Waals surface area contributed by atoms with Crippen LogP contribution in [0.4, 0.5) is 17.5 Å². The van der Waals surface area contributed by atoms with Crippen molar-refractivity contribution in [1.82, 2.24) is 58.6 Å². The summed E-state index contributed by atoms with van der Waals surface area (Å²) < 4.78 is 187. The van der Waals surface area contributed by atoms with E-state index in [1.54, 1.807) is 0 Å². The lowest BCUT2D eigenvalue weighted by molar-refractivity contribution is -0.184. The van der Waals surface area contributed by atoms with E-state index in [9.17, 15) is 72.5 Å². The summed E-state index contributed by atoms with van der Waals surface area (Å²) in [7, 11) is -17.0. The van der Waals surface area contributed by atoms with Crippen LogP contribution in [-0.4, -0.2) is 314 Å². The average molecular weight is 1950 g/mol. The molecule has 0 saturated carbocycles. The van der Waals surface area contributed by atoms with Gasteiger partial charge in [-0.3, -0.25) is 117 Å². The summed E-state index contributed by atoms with van der Waals surface area (Å²) in [4.78, 5) is 213. The van der Waals surface area contributed by atoms with Crippen LogP contribution in [0, 0.1) is 21.7 Å². The largest absolute Gasteiger partial charge is 0.475 e. The van der Waals surface area contributed by atoms with E-state index in [4.69, 9.17) is 124 Å². The van der Waals surface area contributed by atoms with Crippen LogP contribution in [0.15, 0.2) is 38.0 Å². The second kappa shape index (κ2) is 45.4. The molecule has 56 nitrogen and oxygen atoms in total. The van der Waals surface area contributed by atoms with Gasteiger partial charge >= 0.3 is 77.2 Å². The molecular weight excluding hydrogens is 1850 g/mol. The molecule has 6 aromatic rings. The smallest absolute Gasteiger partial charge is 0.465 e. The zero-order chi connectivity index (χ0) is 98.0. The Morgan fingerprint density at radius 1 is 0.361 bits per heavy atom. The monoisotopic (exact) mass is 1950 g/mol. The Morgan fingerprint density at radius 2 is 0.654 bits per heavy atom. The second-order valence-corrected chi connectivity index (χ2v) is 34.4. The summed E-state index contributed by atoms with van der Waals surface area (Å²) >= 11 is 0. The molecule has 2 unspecified atom stereocenters. The van der Waals surface area contributed by atoms with Crippen molar-refractivity contribution in [1.29, 1.82) is 0 Å². The third kappa shape index (κ3) is 24.2. The van der Waals surface area contributed by atoms with Crippen LogP contribution in [0.1, 0.15) is 109 Å². The first-order valence-electron chi connectivity index (χ1n) is 40.2. The number of esters is 9. The number of phosphoric acid groups is 3. The zero-order valence-corrected chi connectivity index (χ0v) is 76.6. The van der Waals surface area contributed by atoms with Crippen molar-refractivity contribution < 1.29 is 193 Å². The van der Waals surface area contributed by atoms with Crippen LogP contribution in [0.3, 0.4) is 0 Å². The summed E-state index contributed by atoms with van der Waals surface area (Å²) in [5.74, 6) is -16.4. The number of aliphatic hydroxyl groups is 2. The number of aromatic nitrogens is 12. The maximum absolute atomic E-state index is 17.1. The van der Waals surface area contributed by atoms with Crippen molar-refractivity contribution >= 4 is 151 Å². The number of hydrogen-bond donors (Lipinski definition) is 5. The Morgan fingerprint density at radius 3 is 0.985 bits per heavy atom. The summed E-state index contributed by atoms with van der Waals surface area (Å²) in [5.41, 5.74) is 6.68. The third-order valence-electron chi connectivity index (χ3n) is 20.7. The van der Waals surface area contributed by atoms with E-state index in [2.05, 4.69) is 44.9 Å². The number of methoxy groups -OCH3 is 1. The van der Waals surface area contributed by atoms with Crippen molar-refractivity contribution in [3.63, 3.8) is 0 Å². The number of phosphoric ester groups is 3. The standard InChI is InChI=1S/C74H100N15O41P3/c1-15-109-67(101)73(24-115-43(11)96,68(102)110-16-2)28-124-132(106,120-19-46-52(99)53(100)64(126-46)87-33-84-49-58(75)78-30-81-61(49)87)130-57-55(118-36-117-45(13)98)48(128-66(57)89-35-86-51-60(77)80-32-83-63(51)89)21-121-133(107,125-29-74(25-116-44(12)97,69(103)111-17-3)70(104)112-18-4)129-56-54(108-14)47(127-65(56)88-34-85-50-59(76)79-31-82-62(50)88)20-119-131(105,122-26-71(37(5)90,38(6)91)22-113-41(9)94)123-27-72(39(7)92,40(8)93)23-114-42(10)95/h30-35,46-48,52-57,64-66,99-100H,15-29,36H2,1-14H3,(H2,75,78,81)(H2,76,79,82)(H2,77,80,83)/t46-,47+,48+,52+,53+,54+,55+,56+,57+,64+,65+,66+,132?,133?/m0/s1. The van der Waals surface area contributed by atoms with Crippen LogP contribution in [0.25, 0.3) is 33.5 Å². The van der Waals surface area contributed by atoms with Gasteiger partial charge in [-0.05, 0) is 55.4 Å². The third-order valence-corrected chi connectivity index (χ3v) is 24.9. The minimum Gasteiger partial charge on any atom is -0.465 e. The first kappa shape index (κ1) is 106. The molecule has 0 bridgehead atoms. The number of Topliss-reactive ketones (excluding diaryl/α,β-unsaturated/α-hetero) is 4. The molecule has 9 rings (SSSR count). The molecule has 8 N–H and O–H groups in total. The highest BCUT2D eigenvalue weighted by Gasteiger charge is 2.61. The van der Waals surface area contributed by atoms with Gasteiger partial charge in [0.15, 0.2) is 59.9 Å². The minimum absolute atomic E-state index is 0.0170. The normalized spacial score (nSPS) is 21.4. The number of aliphatic hydroxyl groups excluding tert-OH is 2. The minimum atomic E-state index is -6.22. The average Bonchev–Trinajstić information content (AvgIpc) is 1.61. The van der Waals surface area contributed by atoms with E-state index < -0.39 is 302 Å². The SMILES string of the molecule is CCOC(=O)C(COC(C)=O)(COP(=O)(OC[C@H]1O[C@@H](n2cnc3c(N)ncnc32)[C@H](OP(=O)(OC[C@@H]2O[C@@H](n3cnc4c(N)ncnc43)[C@H](O)[C@@H]2O)OCC(COC(C)=O)(C(=O)OCC)C(=O)OCC)[C@@H]1OCOC(C)=O)O[C@@H]1[C@H](OC)[C@@H](COP(=O)(OCC(COC(C)=O)(C(C)=O)C(C)=O)OCC(COC(C)=O)(C(C)=O)C(C)=O)O[C@H]1n1cnc2c(N)ncnc21)C(=O)OCC. The number of ketones is 4. The molecule has 133 heavy (non-hydrogen) atoms. The van der Waals surface area contributed by atoms with E-state index in [1.807, 2.05) is 0 Å². The first-order chi connectivity index (χ1) is 62.8. The number of anilines is 3. The fourth-order valence-corrected chi connectivity index (χ4v) is 17.4. The van der Waals surface area contributed by atoms with Crippen molar-refractivity contribution in [3.05, 3.63) is 38.0 Å². The molecule has 6 aromatic heterocycles. The molecule has 732 valence electrons. The Labute approximate surface area is 753 Å². The van der Waals surface area contributed by atoms with Gasteiger partial charge in [0.2, 0.25) is 10.8 Å². The van der Waals surface area contributed by atoms with Crippen LogP contribution < -0.4 is 17.2 Å². The number of imidazole rings is 3. The van der Waals surface area contributed by atoms with Crippen molar-refractivity contribution in [2.75, 3.05) is 130 Å². The number of ether oxygens (including phenoxy) is 14. The molecule has 0 radical (unpaired) electrons. The van der Waals surface area contributed by atoms with Gasteiger partial charge in [-0.15, -0.1) is 0 Å². The van der Waals surface area contributed by atoms with Crippen LogP contribution in [0.5, 0.6) is 0 Å². The maximum Gasteiger partial charge on any atom is 0.475 e. The van der Waals surface area contributed by atoms with Gasteiger partial charge in [-0.2, -0.15) is 0 Å². The van der Waals surface area contributed by atoms with Gasteiger partial charge in [0.25, 0.3) is 0 Å². The van der Waals surface area contributed by atoms with Gasteiger partial charge in [-0.25, -0.2) is 58.6 Å². The number of nitrogens with zero attached hydrogens (tertiary/aromatic N) is 12.